The Labute approximate surface area is 128 Å². The molecule has 0 spiro atoms. The summed E-state index contributed by atoms with van der Waals surface area (Å²) in [5.41, 5.74) is 0.821. The van der Waals surface area contributed by atoms with Crippen LogP contribution in [0.2, 0.25) is 10.0 Å². The number of likely N-dealkylation sites (N-methyl/N-ethyl adjacent to an activating group) is 1. The third kappa shape index (κ3) is 4.37. The summed E-state index contributed by atoms with van der Waals surface area (Å²) in [5.74, 6) is -0.384. The summed E-state index contributed by atoms with van der Waals surface area (Å²) in [5, 5.41) is 5.50. The van der Waals surface area contributed by atoms with Crippen molar-refractivity contribution in [1.29, 1.82) is 0 Å². The van der Waals surface area contributed by atoms with Crippen molar-refractivity contribution < 1.29 is 9.59 Å². The van der Waals surface area contributed by atoms with E-state index < -0.39 is 12.1 Å². The summed E-state index contributed by atoms with van der Waals surface area (Å²) in [6.45, 7) is 2.15. The number of hydrogen-bond acceptors (Lipinski definition) is 3. The van der Waals surface area contributed by atoms with Crippen LogP contribution in [0, 0.1) is 0 Å². The second-order valence-corrected chi connectivity index (χ2v) is 5.16. The average Bonchev–Trinajstić information content (AvgIpc) is 2.42. The number of urea groups is 1. The van der Waals surface area contributed by atoms with Gasteiger partial charge in [0.05, 0.1) is 16.1 Å². The van der Waals surface area contributed by atoms with Gasteiger partial charge in [0, 0.05) is 13.6 Å². The predicted octanol–water partition coefficient (Wildman–Crippen LogP) is 2.27. The van der Waals surface area contributed by atoms with Gasteiger partial charge in [-0.25, -0.2) is 4.79 Å². The van der Waals surface area contributed by atoms with Crippen molar-refractivity contribution in [3.8, 4) is 0 Å². The first-order chi connectivity index (χ1) is 9.36. The Morgan fingerprint density at radius 1 is 1.35 bits per heavy atom. The molecule has 0 saturated carbocycles. The van der Waals surface area contributed by atoms with Crippen LogP contribution in [0.4, 0.5) is 4.79 Å². The first-order valence-electron chi connectivity index (χ1n) is 6.02. The summed E-state index contributed by atoms with van der Waals surface area (Å²) in [7, 11) is 3.22. The van der Waals surface area contributed by atoms with E-state index in [2.05, 4.69) is 10.6 Å². The lowest BCUT2D eigenvalue weighted by Gasteiger charge is -2.24. The summed E-state index contributed by atoms with van der Waals surface area (Å²) >= 11 is 12.0. The number of carbonyl (C=O) groups is 2. The van der Waals surface area contributed by atoms with Gasteiger partial charge >= 0.3 is 6.03 Å². The molecule has 2 N–H and O–H groups in total. The number of benzene rings is 1. The van der Waals surface area contributed by atoms with Crippen LogP contribution in [-0.2, 0) is 11.3 Å². The third-order valence-corrected chi connectivity index (χ3v) is 3.81. The molecule has 0 unspecified atom stereocenters. The number of rotatable bonds is 4. The molecule has 3 amide bonds. The second-order valence-electron chi connectivity index (χ2n) is 4.37. The molecule has 7 heteroatoms. The highest BCUT2D eigenvalue weighted by Gasteiger charge is 2.20. The molecule has 110 valence electrons. The van der Waals surface area contributed by atoms with Crippen LogP contribution in [0.1, 0.15) is 12.5 Å². The van der Waals surface area contributed by atoms with Crippen LogP contribution in [0.25, 0.3) is 0 Å². The van der Waals surface area contributed by atoms with Crippen LogP contribution in [-0.4, -0.2) is 37.0 Å². The first-order valence-corrected chi connectivity index (χ1v) is 6.78. The average molecular weight is 318 g/mol. The van der Waals surface area contributed by atoms with Crippen molar-refractivity contribution in [1.82, 2.24) is 15.5 Å². The molecule has 0 heterocycles. The lowest BCUT2D eigenvalue weighted by molar-refractivity contribution is -0.124. The van der Waals surface area contributed by atoms with E-state index in [-0.39, 0.29) is 5.91 Å². The molecular weight excluding hydrogens is 301 g/mol. The number of imide groups is 1. The molecule has 0 saturated heterocycles. The topological polar surface area (TPSA) is 61.4 Å². The third-order valence-electron chi connectivity index (χ3n) is 2.96. The molecule has 0 radical (unpaired) electrons. The van der Waals surface area contributed by atoms with Crippen LogP contribution in [0.5, 0.6) is 0 Å². The molecule has 0 fully saturated rings. The van der Waals surface area contributed by atoms with Crippen molar-refractivity contribution in [2.24, 2.45) is 0 Å². The Morgan fingerprint density at radius 3 is 2.60 bits per heavy atom. The van der Waals surface area contributed by atoms with Gasteiger partial charge in [-0.2, -0.15) is 0 Å². The Hall–Kier alpha value is -1.30. The second kappa shape index (κ2) is 7.47. The zero-order chi connectivity index (χ0) is 15.3. The zero-order valence-corrected chi connectivity index (χ0v) is 13.0. The van der Waals surface area contributed by atoms with Gasteiger partial charge in [-0.1, -0.05) is 35.3 Å². The Kier molecular flexibility index (Phi) is 6.26. The van der Waals surface area contributed by atoms with Gasteiger partial charge in [0.25, 0.3) is 0 Å². The summed E-state index contributed by atoms with van der Waals surface area (Å²) in [6.07, 6.45) is 0. The highest BCUT2D eigenvalue weighted by molar-refractivity contribution is 6.42. The summed E-state index contributed by atoms with van der Waals surface area (Å²) in [4.78, 5) is 24.7. The lowest BCUT2D eigenvalue weighted by atomic mass is 10.2. The molecule has 0 bridgehead atoms. The van der Waals surface area contributed by atoms with Crippen molar-refractivity contribution in [3.63, 3.8) is 0 Å². The highest BCUT2D eigenvalue weighted by atomic mass is 35.5. The monoisotopic (exact) mass is 317 g/mol. The molecule has 0 aliphatic carbocycles. The molecule has 1 aromatic carbocycles. The number of nitrogens with one attached hydrogen (secondary N) is 2. The molecule has 0 aliphatic rings. The maximum absolute atomic E-state index is 11.8. The number of hydrogen-bond donors (Lipinski definition) is 2. The summed E-state index contributed by atoms with van der Waals surface area (Å²) in [6, 6.07) is 4.33. The standard InChI is InChI=1S/C13H17Cl2N3O2/c1-8(12(19)17-13(20)16-2)18(3)7-9-5-4-6-10(14)11(9)15/h4-6,8H,7H2,1-3H3,(H2,16,17,19,20)/t8-/m0/s1. The molecule has 1 aromatic rings. The van der Waals surface area contributed by atoms with Gasteiger partial charge in [-0.3, -0.25) is 15.0 Å². The van der Waals surface area contributed by atoms with E-state index in [1.54, 1.807) is 31.0 Å². The number of carbonyl (C=O) groups excluding carboxylic acids is 2. The van der Waals surface area contributed by atoms with Gasteiger partial charge in [-0.15, -0.1) is 0 Å². The fourth-order valence-corrected chi connectivity index (χ4v) is 1.94. The number of halogens is 2. The predicted molar refractivity (Wildman–Crippen MR) is 80.0 cm³/mol. The maximum Gasteiger partial charge on any atom is 0.321 e. The SMILES string of the molecule is CNC(=O)NC(=O)[C@H](C)N(C)Cc1cccc(Cl)c1Cl. The first kappa shape index (κ1) is 16.8. The van der Waals surface area contributed by atoms with E-state index in [4.69, 9.17) is 23.2 Å². The van der Waals surface area contributed by atoms with Gasteiger partial charge in [0.2, 0.25) is 5.91 Å². The van der Waals surface area contributed by atoms with Crippen LogP contribution >= 0.6 is 23.2 Å². The molecule has 1 rings (SSSR count). The van der Waals surface area contributed by atoms with Gasteiger partial charge in [0.1, 0.15) is 0 Å². The smallest absolute Gasteiger partial charge is 0.321 e. The molecule has 0 aromatic heterocycles. The minimum atomic E-state index is -0.531. The lowest BCUT2D eigenvalue weighted by Crippen LogP contribution is -2.47. The fourth-order valence-electron chi connectivity index (χ4n) is 1.56. The van der Waals surface area contributed by atoms with E-state index in [0.29, 0.717) is 16.6 Å². The van der Waals surface area contributed by atoms with Crippen molar-refractivity contribution in [3.05, 3.63) is 33.8 Å². The van der Waals surface area contributed by atoms with Crippen molar-refractivity contribution in [2.75, 3.05) is 14.1 Å². The van der Waals surface area contributed by atoms with Gasteiger partial charge in [-0.05, 0) is 25.6 Å². The minimum Gasteiger partial charge on any atom is -0.341 e. The normalized spacial score (nSPS) is 12.1. The number of nitrogens with zero attached hydrogens (tertiary/aromatic N) is 1. The molecule has 5 nitrogen and oxygen atoms in total. The van der Waals surface area contributed by atoms with Crippen LogP contribution in [0.3, 0.4) is 0 Å². The zero-order valence-electron chi connectivity index (χ0n) is 11.5. The highest BCUT2D eigenvalue weighted by Crippen LogP contribution is 2.26. The fraction of sp³-hybridized carbons (Fsp3) is 0.385. The molecular formula is C13H17Cl2N3O2. The van der Waals surface area contributed by atoms with Crippen LogP contribution < -0.4 is 10.6 Å². The van der Waals surface area contributed by atoms with E-state index in [1.807, 2.05) is 6.07 Å². The van der Waals surface area contributed by atoms with E-state index in [1.165, 1.54) is 7.05 Å². The maximum atomic E-state index is 11.8. The quantitative estimate of drug-likeness (QED) is 0.895. The Bertz CT molecular complexity index is 508. The minimum absolute atomic E-state index is 0.384. The molecule has 1 atom stereocenters. The van der Waals surface area contributed by atoms with Crippen molar-refractivity contribution in [2.45, 2.75) is 19.5 Å². The molecule has 20 heavy (non-hydrogen) atoms. The van der Waals surface area contributed by atoms with Gasteiger partial charge in [0.15, 0.2) is 0 Å². The van der Waals surface area contributed by atoms with E-state index >= 15 is 0 Å². The summed E-state index contributed by atoms with van der Waals surface area (Å²) < 4.78 is 0. The Morgan fingerprint density at radius 2 is 2.00 bits per heavy atom. The van der Waals surface area contributed by atoms with E-state index in [9.17, 15) is 9.59 Å². The van der Waals surface area contributed by atoms with Crippen LogP contribution in [0.15, 0.2) is 18.2 Å². The van der Waals surface area contributed by atoms with Crippen molar-refractivity contribution >= 4 is 35.1 Å². The number of amides is 3. The Balaban J connectivity index is 2.70. The van der Waals surface area contributed by atoms with Gasteiger partial charge < -0.3 is 5.32 Å². The largest absolute Gasteiger partial charge is 0.341 e. The van der Waals surface area contributed by atoms with E-state index in [0.717, 1.165) is 5.56 Å². The molecule has 0 aliphatic heterocycles.